The van der Waals surface area contributed by atoms with Gasteiger partial charge in [0.05, 0.1) is 5.69 Å². The number of amides is 2. The highest BCUT2D eigenvalue weighted by molar-refractivity contribution is 5.92. The summed E-state index contributed by atoms with van der Waals surface area (Å²) in [6.45, 7) is 6.29. The maximum atomic E-state index is 12.6. The van der Waals surface area contributed by atoms with Gasteiger partial charge in [-0.05, 0) is 105 Å². The molecule has 1 aliphatic carbocycles. The Kier molecular flexibility index (Phi) is 7.41. The maximum absolute atomic E-state index is 12.6. The summed E-state index contributed by atoms with van der Waals surface area (Å²) in [5, 5.41) is 3.62. The molecule has 6 rings (SSSR count). The van der Waals surface area contributed by atoms with E-state index in [-0.39, 0.29) is 6.04 Å². The van der Waals surface area contributed by atoms with Crippen molar-refractivity contribution < 1.29 is 9.53 Å². The Morgan fingerprint density at radius 2 is 1.66 bits per heavy atom. The number of likely N-dealkylation sites (tertiary alicyclic amines) is 1. The van der Waals surface area contributed by atoms with E-state index in [1.54, 1.807) is 5.01 Å². The van der Waals surface area contributed by atoms with Crippen molar-refractivity contribution in [2.24, 2.45) is 5.73 Å². The van der Waals surface area contributed by atoms with Gasteiger partial charge in [-0.2, -0.15) is 0 Å². The third-order valence-corrected chi connectivity index (χ3v) is 9.06. The van der Waals surface area contributed by atoms with E-state index in [9.17, 15) is 4.79 Å². The van der Waals surface area contributed by atoms with E-state index >= 15 is 0 Å². The van der Waals surface area contributed by atoms with Crippen LogP contribution in [0.15, 0.2) is 48.5 Å². The molecule has 2 aromatic carbocycles. The lowest BCUT2D eigenvalue weighted by Gasteiger charge is -2.38. The molecule has 7 heteroatoms. The second-order valence-corrected chi connectivity index (χ2v) is 11.2. The van der Waals surface area contributed by atoms with Crippen molar-refractivity contribution in [1.82, 2.24) is 9.91 Å². The molecule has 2 amide bonds. The first-order chi connectivity index (χ1) is 18.6. The predicted octanol–water partition coefficient (Wildman–Crippen LogP) is 4.65. The summed E-state index contributed by atoms with van der Waals surface area (Å²) in [5.41, 5.74) is 13.0. The summed E-state index contributed by atoms with van der Waals surface area (Å²) < 4.78 is 5.52. The topological polar surface area (TPSA) is 65.3 Å². The van der Waals surface area contributed by atoms with Gasteiger partial charge in [0.2, 0.25) is 0 Å². The van der Waals surface area contributed by atoms with Crippen LogP contribution in [-0.2, 0) is 11.2 Å². The number of primary amides is 1. The Hall–Kier alpha value is -2.87. The average molecular weight is 516 g/mol. The Labute approximate surface area is 226 Å². The summed E-state index contributed by atoms with van der Waals surface area (Å²) in [7, 11) is 1.96. The fourth-order valence-electron chi connectivity index (χ4n) is 6.85. The van der Waals surface area contributed by atoms with Gasteiger partial charge in [0.1, 0.15) is 0 Å². The highest BCUT2D eigenvalue weighted by Gasteiger charge is 2.29. The average Bonchev–Trinajstić information content (AvgIpc) is 3.64. The fourth-order valence-corrected chi connectivity index (χ4v) is 6.85. The van der Waals surface area contributed by atoms with E-state index in [4.69, 9.17) is 10.5 Å². The molecule has 202 valence electrons. The number of piperidine rings is 1. The highest BCUT2D eigenvalue weighted by atomic mass is 16.5. The molecule has 3 heterocycles. The number of ether oxygens (including phenoxy) is 1. The van der Waals surface area contributed by atoms with Gasteiger partial charge >= 0.3 is 6.03 Å². The summed E-state index contributed by atoms with van der Waals surface area (Å²) in [6.07, 6.45) is 10.3. The first kappa shape index (κ1) is 25.4. The van der Waals surface area contributed by atoms with Gasteiger partial charge in [-0.1, -0.05) is 24.3 Å². The van der Waals surface area contributed by atoms with Crippen LogP contribution in [0.2, 0.25) is 0 Å². The van der Waals surface area contributed by atoms with Crippen molar-refractivity contribution in [3.8, 4) is 0 Å². The first-order valence-electron chi connectivity index (χ1n) is 14.4. The quantitative estimate of drug-likeness (QED) is 0.568. The van der Waals surface area contributed by atoms with Gasteiger partial charge in [-0.15, -0.1) is 0 Å². The molecular weight excluding hydrogens is 474 g/mol. The van der Waals surface area contributed by atoms with E-state index in [0.717, 1.165) is 44.1 Å². The molecule has 3 saturated heterocycles. The lowest BCUT2D eigenvalue weighted by molar-refractivity contribution is 0.0420. The van der Waals surface area contributed by atoms with Crippen molar-refractivity contribution in [3.05, 3.63) is 65.2 Å². The molecule has 0 spiro atoms. The van der Waals surface area contributed by atoms with Crippen molar-refractivity contribution in [3.63, 3.8) is 0 Å². The fraction of sp³-hybridized carbons (Fsp3) is 0.516. The van der Waals surface area contributed by atoms with Crippen molar-refractivity contribution >= 4 is 23.0 Å². The Morgan fingerprint density at radius 1 is 0.947 bits per heavy atom. The number of carbonyl (C=O) groups is 1. The van der Waals surface area contributed by atoms with Crippen LogP contribution in [0.25, 0.3) is 5.57 Å². The number of nitrogens with zero attached hydrogens (tertiary/aromatic N) is 4. The van der Waals surface area contributed by atoms with Crippen LogP contribution < -0.4 is 15.6 Å². The lowest BCUT2D eigenvalue weighted by atomic mass is 9.97. The van der Waals surface area contributed by atoms with Crippen LogP contribution in [0.5, 0.6) is 0 Å². The van der Waals surface area contributed by atoms with Crippen LogP contribution in [-0.4, -0.2) is 74.5 Å². The number of benzene rings is 2. The minimum absolute atomic E-state index is 0.229. The van der Waals surface area contributed by atoms with Crippen LogP contribution in [0.4, 0.5) is 16.2 Å². The number of rotatable bonds is 6. The van der Waals surface area contributed by atoms with Gasteiger partial charge in [0, 0.05) is 51.1 Å². The first-order valence-corrected chi connectivity index (χ1v) is 14.4. The molecule has 7 nitrogen and oxygen atoms in total. The van der Waals surface area contributed by atoms with Gasteiger partial charge in [-0.3, -0.25) is 0 Å². The highest BCUT2D eigenvalue weighted by Crippen LogP contribution is 2.37. The molecule has 0 saturated carbocycles. The van der Waals surface area contributed by atoms with Crippen LogP contribution >= 0.6 is 0 Å². The maximum Gasteiger partial charge on any atom is 0.334 e. The number of allylic oxidation sites excluding steroid dienone is 1. The van der Waals surface area contributed by atoms with Gasteiger partial charge in [0.25, 0.3) is 0 Å². The Morgan fingerprint density at radius 3 is 2.34 bits per heavy atom. The number of carbonyl (C=O) groups excluding carboxylic acids is 1. The molecule has 0 radical (unpaired) electrons. The number of urea groups is 1. The number of fused-ring (bicyclic) bond motifs is 1. The smallest absolute Gasteiger partial charge is 0.334 e. The Balaban J connectivity index is 1.17. The van der Waals surface area contributed by atoms with E-state index in [1.807, 2.05) is 18.1 Å². The summed E-state index contributed by atoms with van der Waals surface area (Å²) in [5.74, 6) is 0. The zero-order chi connectivity index (χ0) is 26.1. The second kappa shape index (κ2) is 11.1. The van der Waals surface area contributed by atoms with Crippen LogP contribution in [0, 0.1) is 0 Å². The minimum atomic E-state index is -0.458. The van der Waals surface area contributed by atoms with Crippen molar-refractivity contribution in [2.75, 3.05) is 56.3 Å². The molecular formula is C31H41N5O2. The zero-order valence-corrected chi connectivity index (χ0v) is 22.6. The molecule has 0 unspecified atom stereocenters. The predicted molar refractivity (Wildman–Crippen MR) is 153 cm³/mol. The van der Waals surface area contributed by atoms with E-state index in [0.29, 0.717) is 13.2 Å². The van der Waals surface area contributed by atoms with E-state index in [1.165, 1.54) is 66.7 Å². The summed E-state index contributed by atoms with van der Waals surface area (Å²) >= 11 is 0. The molecule has 0 atom stereocenters. The number of hydrogen-bond donors (Lipinski definition) is 1. The van der Waals surface area contributed by atoms with E-state index < -0.39 is 6.03 Å². The lowest BCUT2D eigenvalue weighted by Crippen LogP contribution is -2.53. The summed E-state index contributed by atoms with van der Waals surface area (Å²) in [6, 6.07) is 15.9. The molecule has 2 aromatic rings. The van der Waals surface area contributed by atoms with Crippen molar-refractivity contribution in [1.29, 1.82) is 0 Å². The summed E-state index contributed by atoms with van der Waals surface area (Å²) in [4.78, 5) is 17.8. The van der Waals surface area contributed by atoms with Crippen molar-refractivity contribution in [2.45, 2.75) is 57.0 Å². The number of nitrogens with two attached hydrogens (primary N) is 1. The van der Waals surface area contributed by atoms with Gasteiger partial charge in [0.15, 0.2) is 0 Å². The molecule has 3 fully saturated rings. The number of hydrazine groups is 1. The molecule has 3 aliphatic heterocycles. The van der Waals surface area contributed by atoms with E-state index in [2.05, 4.69) is 52.3 Å². The minimum Gasteiger partial charge on any atom is -0.381 e. The largest absolute Gasteiger partial charge is 0.381 e. The molecule has 0 bridgehead atoms. The molecule has 4 aliphatic rings. The second-order valence-electron chi connectivity index (χ2n) is 11.2. The normalized spacial score (nSPS) is 21.1. The monoisotopic (exact) mass is 515 g/mol. The zero-order valence-electron chi connectivity index (χ0n) is 22.6. The Bertz CT molecular complexity index is 1160. The number of anilines is 2. The van der Waals surface area contributed by atoms with Crippen LogP contribution in [0.3, 0.4) is 0 Å². The third kappa shape index (κ3) is 5.07. The van der Waals surface area contributed by atoms with Gasteiger partial charge < -0.3 is 20.3 Å². The van der Waals surface area contributed by atoms with Gasteiger partial charge in [-0.25, -0.2) is 14.8 Å². The molecule has 0 aromatic heterocycles. The third-order valence-electron chi connectivity index (χ3n) is 9.06. The number of hydrogen-bond acceptors (Lipinski definition) is 5. The van der Waals surface area contributed by atoms with Crippen LogP contribution in [0.1, 0.15) is 55.2 Å². The molecule has 2 N–H and O–H groups in total. The standard InChI is InChI=1S/C31H41N5O2/c1-33(25-14-20-38-21-15-25)36(31(32)37)28-10-6-24-7-11-29(30(24)22-28)23-4-8-26(9-5-23)35-18-12-27(13-19-35)34-16-2-3-17-34/h4-6,8-11,22,25,27H,2-3,7,12-21H2,1H3,(H2,32,37). The SMILES string of the molecule is CN(C1CCOCC1)N(C(N)=O)c1ccc2c(c1)C(c1ccc(N3CCC(N4CCCC4)CC3)cc1)=CC2. The molecule has 38 heavy (non-hydrogen) atoms.